The number of nitrogens with zero attached hydrogens (tertiary/aromatic N) is 2. The molecule has 1 aromatic carbocycles. The summed E-state index contributed by atoms with van der Waals surface area (Å²) in [5, 5.41) is 2.93. The molecule has 1 N–H and O–H groups in total. The highest BCUT2D eigenvalue weighted by atomic mass is 16.2. The van der Waals surface area contributed by atoms with E-state index in [1.807, 2.05) is 58.3 Å². The fourth-order valence-corrected chi connectivity index (χ4v) is 2.35. The van der Waals surface area contributed by atoms with Crippen LogP contribution in [0.5, 0.6) is 0 Å². The molecule has 2 aromatic rings. The molecule has 0 bridgehead atoms. The number of likely N-dealkylation sites (tertiary alicyclic amines) is 1. The van der Waals surface area contributed by atoms with E-state index in [0.717, 1.165) is 37.3 Å². The topological polar surface area (TPSA) is 37.3 Å². The summed E-state index contributed by atoms with van der Waals surface area (Å²) in [6.45, 7) is 1.74. The van der Waals surface area contributed by atoms with Crippen molar-refractivity contribution in [1.82, 2.24) is 9.47 Å². The van der Waals surface area contributed by atoms with E-state index in [9.17, 15) is 4.79 Å². The Kier molecular flexibility index (Phi) is 3.23. The Hall–Kier alpha value is -2.23. The van der Waals surface area contributed by atoms with Crippen LogP contribution in [0, 0.1) is 0 Å². The Balaban J connectivity index is 1.67. The van der Waals surface area contributed by atoms with Crippen LogP contribution in [0.1, 0.15) is 12.8 Å². The summed E-state index contributed by atoms with van der Waals surface area (Å²) in [6.07, 6.45) is 6.22. The maximum Gasteiger partial charge on any atom is 0.321 e. The SMILES string of the molecule is O=C(Nc1ccc(-n2cccc2)cc1)N1CCCC1. The number of anilines is 1. The molecule has 19 heavy (non-hydrogen) atoms. The fraction of sp³-hybridized carbons (Fsp3) is 0.267. The number of nitrogens with one attached hydrogen (secondary N) is 1. The zero-order valence-electron chi connectivity index (χ0n) is 10.7. The quantitative estimate of drug-likeness (QED) is 0.879. The predicted molar refractivity (Wildman–Crippen MR) is 75.6 cm³/mol. The number of hydrogen-bond donors (Lipinski definition) is 1. The van der Waals surface area contributed by atoms with Crippen molar-refractivity contribution in [3.05, 3.63) is 48.8 Å². The standard InChI is InChI=1S/C15H17N3O/c19-15(18-11-3-4-12-18)16-13-5-7-14(8-6-13)17-9-1-2-10-17/h1-2,5-10H,3-4,11-12H2,(H,16,19). The lowest BCUT2D eigenvalue weighted by molar-refractivity contribution is 0.222. The first kappa shape index (κ1) is 11.8. The molecule has 2 amide bonds. The monoisotopic (exact) mass is 255 g/mol. The second-order valence-corrected chi connectivity index (χ2v) is 4.76. The minimum absolute atomic E-state index is 0.00575. The van der Waals surface area contributed by atoms with E-state index in [0.29, 0.717) is 0 Å². The van der Waals surface area contributed by atoms with Gasteiger partial charge in [0.2, 0.25) is 0 Å². The van der Waals surface area contributed by atoms with E-state index < -0.39 is 0 Å². The Morgan fingerprint density at radius 1 is 1.00 bits per heavy atom. The third-order valence-electron chi connectivity index (χ3n) is 3.41. The number of carbonyl (C=O) groups excluding carboxylic acids is 1. The minimum Gasteiger partial charge on any atom is -0.325 e. The molecule has 4 nitrogen and oxygen atoms in total. The third-order valence-corrected chi connectivity index (χ3v) is 3.41. The number of urea groups is 1. The van der Waals surface area contributed by atoms with Crippen LogP contribution in [-0.2, 0) is 0 Å². The van der Waals surface area contributed by atoms with E-state index in [1.165, 1.54) is 0 Å². The smallest absolute Gasteiger partial charge is 0.321 e. The third kappa shape index (κ3) is 2.62. The summed E-state index contributed by atoms with van der Waals surface area (Å²) >= 11 is 0. The van der Waals surface area contributed by atoms with Crippen molar-refractivity contribution in [1.29, 1.82) is 0 Å². The lowest BCUT2D eigenvalue weighted by Crippen LogP contribution is -2.32. The molecule has 1 fully saturated rings. The number of rotatable bonds is 2. The molecular formula is C15H17N3O. The van der Waals surface area contributed by atoms with Crippen LogP contribution in [-0.4, -0.2) is 28.6 Å². The van der Waals surface area contributed by atoms with Crippen LogP contribution in [0.15, 0.2) is 48.8 Å². The van der Waals surface area contributed by atoms with Gasteiger partial charge in [0.15, 0.2) is 0 Å². The van der Waals surface area contributed by atoms with Gasteiger partial charge in [0, 0.05) is 36.9 Å². The van der Waals surface area contributed by atoms with Crippen LogP contribution in [0.2, 0.25) is 0 Å². The Morgan fingerprint density at radius 3 is 2.26 bits per heavy atom. The summed E-state index contributed by atoms with van der Waals surface area (Å²) in [5.74, 6) is 0. The normalized spacial score (nSPS) is 14.6. The van der Waals surface area contributed by atoms with Gasteiger partial charge in [-0.3, -0.25) is 0 Å². The zero-order valence-corrected chi connectivity index (χ0v) is 10.7. The predicted octanol–water partition coefficient (Wildman–Crippen LogP) is 3.11. The lowest BCUT2D eigenvalue weighted by Gasteiger charge is -2.16. The molecule has 0 radical (unpaired) electrons. The average Bonchev–Trinajstić information content (AvgIpc) is 3.13. The summed E-state index contributed by atoms with van der Waals surface area (Å²) in [6, 6.07) is 11.9. The van der Waals surface area contributed by atoms with Crippen molar-refractivity contribution >= 4 is 11.7 Å². The number of carbonyl (C=O) groups is 1. The molecule has 3 rings (SSSR count). The summed E-state index contributed by atoms with van der Waals surface area (Å²) in [7, 11) is 0. The molecule has 0 unspecified atom stereocenters. The van der Waals surface area contributed by atoms with Crippen molar-refractivity contribution in [2.75, 3.05) is 18.4 Å². The molecular weight excluding hydrogens is 238 g/mol. The second-order valence-electron chi connectivity index (χ2n) is 4.76. The molecule has 0 aliphatic carbocycles. The number of amides is 2. The van der Waals surface area contributed by atoms with E-state index in [2.05, 4.69) is 5.32 Å². The molecule has 0 atom stereocenters. The molecule has 1 aromatic heterocycles. The Labute approximate surface area is 112 Å². The van der Waals surface area contributed by atoms with E-state index in [1.54, 1.807) is 0 Å². The number of hydrogen-bond acceptors (Lipinski definition) is 1. The first-order valence-electron chi connectivity index (χ1n) is 6.62. The number of aromatic nitrogens is 1. The molecule has 1 aliphatic heterocycles. The summed E-state index contributed by atoms with van der Waals surface area (Å²) < 4.78 is 2.03. The Morgan fingerprint density at radius 2 is 1.63 bits per heavy atom. The second kappa shape index (κ2) is 5.18. The Bertz CT molecular complexity index is 539. The maximum atomic E-state index is 11.9. The number of benzene rings is 1. The highest BCUT2D eigenvalue weighted by molar-refractivity contribution is 5.89. The van der Waals surface area contributed by atoms with Crippen LogP contribution >= 0.6 is 0 Å². The van der Waals surface area contributed by atoms with Gasteiger partial charge < -0.3 is 14.8 Å². The van der Waals surface area contributed by atoms with Crippen LogP contribution < -0.4 is 5.32 Å². The van der Waals surface area contributed by atoms with Crippen LogP contribution in [0.4, 0.5) is 10.5 Å². The van der Waals surface area contributed by atoms with Gasteiger partial charge >= 0.3 is 6.03 Å². The highest BCUT2D eigenvalue weighted by Gasteiger charge is 2.17. The van der Waals surface area contributed by atoms with Crippen molar-refractivity contribution in [2.45, 2.75) is 12.8 Å². The largest absolute Gasteiger partial charge is 0.325 e. The molecule has 4 heteroatoms. The van der Waals surface area contributed by atoms with Gasteiger partial charge in [-0.05, 0) is 49.2 Å². The van der Waals surface area contributed by atoms with Crippen LogP contribution in [0.3, 0.4) is 0 Å². The molecule has 98 valence electrons. The summed E-state index contributed by atoms with van der Waals surface area (Å²) in [4.78, 5) is 13.8. The van der Waals surface area contributed by atoms with Gasteiger partial charge in [0.25, 0.3) is 0 Å². The van der Waals surface area contributed by atoms with Gasteiger partial charge in [-0.1, -0.05) is 0 Å². The molecule has 2 heterocycles. The molecule has 1 aliphatic rings. The molecule has 0 saturated carbocycles. The zero-order chi connectivity index (χ0) is 13.1. The van der Waals surface area contributed by atoms with E-state index >= 15 is 0 Å². The van der Waals surface area contributed by atoms with Gasteiger partial charge in [0.1, 0.15) is 0 Å². The highest BCUT2D eigenvalue weighted by Crippen LogP contribution is 2.15. The van der Waals surface area contributed by atoms with Crippen molar-refractivity contribution in [2.24, 2.45) is 0 Å². The van der Waals surface area contributed by atoms with E-state index in [-0.39, 0.29) is 6.03 Å². The summed E-state index contributed by atoms with van der Waals surface area (Å²) in [5.41, 5.74) is 1.93. The first-order chi connectivity index (χ1) is 9.33. The van der Waals surface area contributed by atoms with Crippen LogP contribution in [0.25, 0.3) is 5.69 Å². The average molecular weight is 255 g/mol. The van der Waals surface area contributed by atoms with Crippen molar-refractivity contribution < 1.29 is 4.79 Å². The first-order valence-corrected chi connectivity index (χ1v) is 6.62. The van der Waals surface area contributed by atoms with Gasteiger partial charge in [-0.15, -0.1) is 0 Å². The van der Waals surface area contributed by atoms with Gasteiger partial charge in [0.05, 0.1) is 0 Å². The lowest BCUT2D eigenvalue weighted by atomic mass is 10.3. The van der Waals surface area contributed by atoms with Gasteiger partial charge in [-0.2, -0.15) is 0 Å². The minimum atomic E-state index is 0.00575. The van der Waals surface area contributed by atoms with Crippen molar-refractivity contribution in [3.8, 4) is 5.69 Å². The van der Waals surface area contributed by atoms with Crippen molar-refractivity contribution in [3.63, 3.8) is 0 Å². The van der Waals surface area contributed by atoms with E-state index in [4.69, 9.17) is 0 Å². The van der Waals surface area contributed by atoms with Gasteiger partial charge in [-0.25, -0.2) is 4.79 Å². The molecule has 1 saturated heterocycles. The maximum absolute atomic E-state index is 11.9. The molecule has 0 spiro atoms. The fourth-order valence-electron chi connectivity index (χ4n) is 2.35.